The average molecular weight is 409 g/mol. The largest absolute Gasteiger partial charge is 0.461 e. The molecule has 3 aliphatic rings. The van der Waals surface area contributed by atoms with Gasteiger partial charge in [-0.25, -0.2) is 0 Å². The molecule has 0 aromatic carbocycles. The summed E-state index contributed by atoms with van der Waals surface area (Å²) in [6.45, 7) is 12.5. The Morgan fingerprint density at radius 1 is 1.36 bits per heavy atom. The fourth-order valence-electron chi connectivity index (χ4n) is 6.81. The summed E-state index contributed by atoms with van der Waals surface area (Å²) in [6, 6.07) is 0. The molecular formula is C23H36O4S. The molecule has 3 fully saturated rings. The number of esters is 1. The Morgan fingerprint density at radius 3 is 2.64 bits per heavy atom. The van der Waals surface area contributed by atoms with Crippen molar-refractivity contribution in [1.29, 1.82) is 0 Å². The van der Waals surface area contributed by atoms with Crippen molar-refractivity contribution in [2.24, 2.45) is 34.0 Å². The van der Waals surface area contributed by atoms with Gasteiger partial charge in [-0.05, 0) is 49.2 Å². The van der Waals surface area contributed by atoms with Crippen molar-refractivity contribution < 1.29 is 19.4 Å². The van der Waals surface area contributed by atoms with Crippen LogP contribution in [0.5, 0.6) is 0 Å². The molecule has 0 amide bonds. The standard InChI is InChI=1S/C23H36O4S/c1-7-21(4)12-17(27-18(25)13-28-6)22(5)14(2)8-10-23(15(3)20(21)26)11-9-16(24)19(22)23/h7,14-15,17,19-20,26H,1,8-13H2,2-6H3/t14?,15-,17+,19-,20-,21+,22-,23-/m0/s1. The van der Waals surface area contributed by atoms with E-state index in [-0.39, 0.29) is 29.1 Å². The van der Waals surface area contributed by atoms with Crippen LogP contribution in [0.4, 0.5) is 0 Å². The topological polar surface area (TPSA) is 63.6 Å². The van der Waals surface area contributed by atoms with Crippen LogP contribution < -0.4 is 0 Å². The van der Waals surface area contributed by atoms with Crippen molar-refractivity contribution in [3.63, 3.8) is 0 Å². The second kappa shape index (κ2) is 7.46. The number of thioether (sulfide) groups is 1. The fraction of sp³-hybridized carbons (Fsp3) is 0.826. The summed E-state index contributed by atoms with van der Waals surface area (Å²) in [5.74, 6) is 0.477. The van der Waals surface area contributed by atoms with Gasteiger partial charge in [-0.1, -0.05) is 33.8 Å². The normalized spacial score (nSPS) is 48.4. The first-order valence-electron chi connectivity index (χ1n) is 10.6. The summed E-state index contributed by atoms with van der Waals surface area (Å²) in [5, 5.41) is 11.4. The van der Waals surface area contributed by atoms with Gasteiger partial charge in [0.05, 0.1) is 11.9 Å². The van der Waals surface area contributed by atoms with E-state index < -0.39 is 23.0 Å². The lowest BCUT2D eigenvalue weighted by atomic mass is 9.44. The van der Waals surface area contributed by atoms with Gasteiger partial charge >= 0.3 is 5.97 Å². The third-order valence-electron chi connectivity index (χ3n) is 8.84. The minimum atomic E-state index is -0.613. The summed E-state index contributed by atoms with van der Waals surface area (Å²) >= 11 is 1.44. The Labute approximate surface area is 173 Å². The molecule has 28 heavy (non-hydrogen) atoms. The number of carbonyl (C=O) groups excluding carboxylic acids is 2. The molecule has 0 saturated heterocycles. The maximum atomic E-state index is 13.2. The van der Waals surface area contributed by atoms with E-state index in [4.69, 9.17) is 4.74 Å². The predicted molar refractivity (Wildman–Crippen MR) is 113 cm³/mol. The van der Waals surface area contributed by atoms with Gasteiger partial charge in [0.2, 0.25) is 0 Å². The van der Waals surface area contributed by atoms with E-state index in [2.05, 4.69) is 27.4 Å². The number of ether oxygens (including phenoxy) is 1. The van der Waals surface area contributed by atoms with Crippen molar-refractivity contribution in [2.45, 2.75) is 72.0 Å². The third-order valence-corrected chi connectivity index (χ3v) is 9.36. The van der Waals surface area contributed by atoms with E-state index in [0.717, 1.165) is 19.3 Å². The summed E-state index contributed by atoms with van der Waals surface area (Å²) < 4.78 is 6.09. The third kappa shape index (κ3) is 2.99. The Kier molecular flexibility index (Phi) is 5.83. The maximum absolute atomic E-state index is 13.2. The smallest absolute Gasteiger partial charge is 0.316 e. The van der Waals surface area contributed by atoms with E-state index in [1.54, 1.807) is 0 Å². The Balaban J connectivity index is 2.17. The van der Waals surface area contributed by atoms with E-state index in [9.17, 15) is 14.7 Å². The highest BCUT2D eigenvalue weighted by Gasteiger charge is 2.68. The first-order valence-corrected chi connectivity index (χ1v) is 12.0. The van der Waals surface area contributed by atoms with Crippen molar-refractivity contribution in [3.8, 4) is 0 Å². The summed E-state index contributed by atoms with van der Waals surface area (Å²) in [4.78, 5) is 25.7. The molecule has 3 rings (SSSR count). The molecule has 5 heteroatoms. The van der Waals surface area contributed by atoms with Gasteiger partial charge < -0.3 is 9.84 Å². The van der Waals surface area contributed by atoms with Crippen LogP contribution in [0.25, 0.3) is 0 Å². The molecule has 0 aromatic heterocycles. The average Bonchev–Trinajstić information content (AvgIpc) is 3.01. The lowest BCUT2D eigenvalue weighted by molar-refractivity contribution is -0.205. The molecule has 3 saturated carbocycles. The molecule has 0 spiro atoms. The van der Waals surface area contributed by atoms with Gasteiger partial charge in [-0.3, -0.25) is 9.59 Å². The first-order chi connectivity index (χ1) is 13.1. The zero-order valence-corrected chi connectivity index (χ0v) is 18.8. The number of hydrogen-bond donors (Lipinski definition) is 1. The summed E-state index contributed by atoms with van der Waals surface area (Å²) in [6.07, 6.45) is 6.56. The Morgan fingerprint density at radius 2 is 2.04 bits per heavy atom. The number of Topliss-reactive ketones (excluding diaryl/α,β-unsaturated/α-hetero) is 1. The number of hydrogen-bond acceptors (Lipinski definition) is 5. The van der Waals surface area contributed by atoms with Crippen molar-refractivity contribution in [2.75, 3.05) is 12.0 Å². The molecule has 0 aliphatic heterocycles. The molecule has 3 aliphatic carbocycles. The number of carbonyl (C=O) groups is 2. The quantitative estimate of drug-likeness (QED) is 0.556. The number of aliphatic hydroxyl groups is 1. The van der Waals surface area contributed by atoms with Crippen LogP contribution in [-0.4, -0.2) is 41.1 Å². The van der Waals surface area contributed by atoms with Gasteiger partial charge in [0.25, 0.3) is 0 Å². The summed E-state index contributed by atoms with van der Waals surface area (Å²) in [7, 11) is 0. The van der Waals surface area contributed by atoms with E-state index in [0.29, 0.717) is 24.4 Å². The first kappa shape index (κ1) is 21.9. The SMILES string of the molecule is C=C[C@]1(C)C[C@@H](OC(=O)CSC)[C@]2(C)C(C)CC[C@]3(CCC(=O)[C@H]32)[C@@H](C)[C@@H]1O. The Bertz CT molecular complexity index is 663. The highest BCUT2D eigenvalue weighted by Crippen LogP contribution is 2.67. The predicted octanol–water partition coefficient (Wildman–Crippen LogP) is 4.26. The van der Waals surface area contributed by atoms with E-state index >= 15 is 0 Å². The fourth-order valence-corrected chi connectivity index (χ4v) is 7.12. The highest BCUT2D eigenvalue weighted by atomic mass is 32.2. The summed E-state index contributed by atoms with van der Waals surface area (Å²) in [5.41, 5.74) is -1.20. The molecule has 158 valence electrons. The number of ketones is 1. The molecule has 0 aromatic rings. The molecular weight excluding hydrogens is 372 g/mol. The Hall–Kier alpha value is -0.810. The van der Waals surface area contributed by atoms with Gasteiger partial charge in [0.1, 0.15) is 11.9 Å². The molecule has 4 nitrogen and oxygen atoms in total. The van der Waals surface area contributed by atoms with Crippen LogP contribution >= 0.6 is 11.8 Å². The second-order valence-corrected chi connectivity index (χ2v) is 10.9. The van der Waals surface area contributed by atoms with Crippen LogP contribution in [0, 0.1) is 34.0 Å². The second-order valence-electron chi connectivity index (χ2n) is 10.00. The molecule has 2 bridgehead atoms. The van der Waals surface area contributed by atoms with E-state index in [1.165, 1.54) is 11.8 Å². The molecule has 8 atom stereocenters. The highest BCUT2D eigenvalue weighted by molar-refractivity contribution is 7.99. The van der Waals surface area contributed by atoms with Gasteiger partial charge in [0.15, 0.2) is 0 Å². The van der Waals surface area contributed by atoms with Gasteiger partial charge in [0, 0.05) is 23.2 Å². The lowest BCUT2D eigenvalue weighted by Crippen LogP contribution is -2.63. The number of aliphatic hydroxyl groups excluding tert-OH is 1. The molecule has 0 heterocycles. The molecule has 0 radical (unpaired) electrons. The van der Waals surface area contributed by atoms with Crippen LogP contribution in [0.15, 0.2) is 12.7 Å². The molecule has 1 unspecified atom stereocenters. The maximum Gasteiger partial charge on any atom is 0.316 e. The lowest BCUT2D eigenvalue weighted by Gasteiger charge is -2.61. The van der Waals surface area contributed by atoms with Crippen LogP contribution in [0.1, 0.15) is 59.8 Å². The van der Waals surface area contributed by atoms with Gasteiger partial charge in [-0.15, -0.1) is 6.58 Å². The monoisotopic (exact) mass is 408 g/mol. The van der Waals surface area contributed by atoms with Crippen LogP contribution in [-0.2, 0) is 14.3 Å². The van der Waals surface area contributed by atoms with Crippen LogP contribution in [0.3, 0.4) is 0 Å². The number of rotatable bonds is 4. The zero-order chi connectivity index (χ0) is 20.9. The minimum absolute atomic E-state index is 0.00150. The van der Waals surface area contributed by atoms with Crippen molar-refractivity contribution in [1.82, 2.24) is 0 Å². The van der Waals surface area contributed by atoms with Crippen molar-refractivity contribution in [3.05, 3.63) is 12.7 Å². The van der Waals surface area contributed by atoms with Crippen molar-refractivity contribution >= 4 is 23.5 Å². The van der Waals surface area contributed by atoms with Gasteiger partial charge in [-0.2, -0.15) is 11.8 Å². The van der Waals surface area contributed by atoms with Crippen LogP contribution in [0.2, 0.25) is 0 Å². The van der Waals surface area contributed by atoms with E-state index in [1.807, 2.05) is 19.3 Å². The molecule has 1 N–H and O–H groups in total. The minimum Gasteiger partial charge on any atom is -0.461 e. The zero-order valence-electron chi connectivity index (χ0n) is 18.0.